The molecular weight excluding hydrogens is 455 g/mol. The monoisotopic (exact) mass is 482 g/mol. The molecule has 1 aromatic heterocycles. The first-order chi connectivity index (χ1) is 16.6. The number of hydrogen-bond donors (Lipinski definition) is 1. The summed E-state index contributed by atoms with van der Waals surface area (Å²) < 4.78 is 23.9. The standard InChI is InChI=1S/C25H27FN4O3S/c1-32-21-7-6-17(14-22(21)33-2)16-27-25(31)18-10-12-30(13-11-18)23-8-9-24(29-28-23)34-20-5-3-4-19(26)15-20/h3-9,14-15,18H,10-13,16H2,1-2H3,(H,27,31). The molecule has 0 saturated carbocycles. The summed E-state index contributed by atoms with van der Waals surface area (Å²) in [7, 11) is 3.19. The molecule has 0 atom stereocenters. The highest BCUT2D eigenvalue weighted by Gasteiger charge is 2.25. The van der Waals surface area contributed by atoms with Gasteiger partial charge in [0.15, 0.2) is 17.3 Å². The number of halogens is 1. The van der Waals surface area contributed by atoms with Crippen molar-refractivity contribution in [2.75, 3.05) is 32.2 Å². The second-order valence-electron chi connectivity index (χ2n) is 7.96. The van der Waals surface area contributed by atoms with Gasteiger partial charge in [-0.3, -0.25) is 4.79 Å². The number of amides is 1. The van der Waals surface area contributed by atoms with Gasteiger partial charge in [-0.2, -0.15) is 0 Å². The smallest absolute Gasteiger partial charge is 0.223 e. The zero-order chi connectivity index (χ0) is 23.9. The van der Waals surface area contributed by atoms with Crippen LogP contribution in [0.2, 0.25) is 0 Å². The van der Waals surface area contributed by atoms with Gasteiger partial charge in [0.25, 0.3) is 0 Å². The van der Waals surface area contributed by atoms with Crippen molar-refractivity contribution in [3.8, 4) is 11.5 Å². The van der Waals surface area contributed by atoms with Crippen molar-refractivity contribution >= 4 is 23.5 Å². The summed E-state index contributed by atoms with van der Waals surface area (Å²) in [6, 6.07) is 15.8. The molecule has 1 fully saturated rings. The van der Waals surface area contributed by atoms with Gasteiger partial charge in [-0.05, 0) is 60.9 Å². The quantitative estimate of drug-likeness (QED) is 0.513. The van der Waals surface area contributed by atoms with Crippen LogP contribution < -0.4 is 19.7 Å². The Kier molecular flexibility index (Phi) is 7.84. The lowest BCUT2D eigenvalue weighted by molar-refractivity contribution is -0.125. The summed E-state index contributed by atoms with van der Waals surface area (Å²) >= 11 is 1.37. The van der Waals surface area contributed by atoms with Crippen LogP contribution in [0.15, 0.2) is 64.5 Å². The average molecular weight is 483 g/mol. The highest BCUT2D eigenvalue weighted by atomic mass is 32.2. The Balaban J connectivity index is 1.26. The molecule has 0 radical (unpaired) electrons. The van der Waals surface area contributed by atoms with Crippen molar-refractivity contribution in [3.63, 3.8) is 0 Å². The van der Waals surface area contributed by atoms with Gasteiger partial charge in [0.05, 0.1) is 14.2 Å². The lowest BCUT2D eigenvalue weighted by atomic mass is 9.96. The van der Waals surface area contributed by atoms with Crippen LogP contribution in [0.4, 0.5) is 10.2 Å². The van der Waals surface area contributed by atoms with Gasteiger partial charge in [0.2, 0.25) is 5.91 Å². The van der Waals surface area contributed by atoms with E-state index < -0.39 is 0 Å². The third-order valence-corrected chi connectivity index (χ3v) is 6.67. The number of ether oxygens (including phenoxy) is 2. The zero-order valence-corrected chi connectivity index (χ0v) is 20.0. The Morgan fingerprint density at radius 1 is 1.06 bits per heavy atom. The molecule has 7 nitrogen and oxygen atoms in total. The minimum Gasteiger partial charge on any atom is -0.493 e. The molecule has 34 heavy (non-hydrogen) atoms. The normalized spacial score (nSPS) is 14.0. The molecule has 9 heteroatoms. The molecular formula is C25H27FN4O3S. The minimum atomic E-state index is -0.273. The number of nitrogens with one attached hydrogen (secondary N) is 1. The molecule has 3 aromatic rings. The first-order valence-corrected chi connectivity index (χ1v) is 11.9. The molecule has 4 rings (SSSR count). The average Bonchev–Trinajstić information content (AvgIpc) is 2.87. The molecule has 0 aliphatic carbocycles. The molecule has 0 bridgehead atoms. The van der Waals surface area contributed by atoms with Crippen LogP contribution >= 0.6 is 11.8 Å². The Hall–Kier alpha value is -3.33. The van der Waals surface area contributed by atoms with E-state index in [1.165, 1.54) is 23.9 Å². The van der Waals surface area contributed by atoms with Crippen molar-refractivity contribution in [3.05, 3.63) is 66.0 Å². The van der Waals surface area contributed by atoms with E-state index in [4.69, 9.17) is 9.47 Å². The van der Waals surface area contributed by atoms with Crippen LogP contribution in [0, 0.1) is 11.7 Å². The number of piperidine rings is 1. The van der Waals surface area contributed by atoms with Crippen molar-refractivity contribution in [1.82, 2.24) is 15.5 Å². The van der Waals surface area contributed by atoms with Gasteiger partial charge in [0.1, 0.15) is 10.8 Å². The van der Waals surface area contributed by atoms with Gasteiger partial charge in [-0.15, -0.1) is 10.2 Å². The van der Waals surface area contributed by atoms with Gasteiger partial charge in [-0.1, -0.05) is 23.9 Å². The van der Waals surface area contributed by atoms with E-state index >= 15 is 0 Å². The summed E-state index contributed by atoms with van der Waals surface area (Å²) in [6.45, 7) is 1.91. The van der Waals surface area contributed by atoms with Gasteiger partial charge < -0.3 is 19.7 Å². The first kappa shape index (κ1) is 23.8. The van der Waals surface area contributed by atoms with Crippen LogP contribution in [-0.2, 0) is 11.3 Å². The van der Waals surface area contributed by atoms with Gasteiger partial charge in [0, 0.05) is 30.4 Å². The molecule has 0 unspecified atom stereocenters. The number of carbonyl (C=O) groups excluding carboxylic acids is 1. The van der Waals surface area contributed by atoms with Crippen LogP contribution in [0.25, 0.3) is 0 Å². The van der Waals surface area contributed by atoms with E-state index in [2.05, 4.69) is 20.4 Å². The summed E-state index contributed by atoms with van der Waals surface area (Å²) in [4.78, 5) is 15.6. The molecule has 1 saturated heterocycles. The number of rotatable bonds is 8. The second-order valence-corrected chi connectivity index (χ2v) is 9.05. The van der Waals surface area contributed by atoms with Crippen molar-refractivity contribution in [1.29, 1.82) is 0 Å². The SMILES string of the molecule is COc1ccc(CNC(=O)C2CCN(c3ccc(Sc4cccc(F)c4)nn3)CC2)cc1OC. The topological polar surface area (TPSA) is 76.6 Å². The highest BCUT2D eigenvalue weighted by molar-refractivity contribution is 7.99. The summed E-state index contributed by atoms with van der Waals surface area (Å²) in [5, 5.41) is 12.4. The predicted octanol–water partition coefficient (Wildman–Crippen LogP) is 4.32. The number of nitrogens with zero attached hydrogens (tertiary/aromatic N) is 3. The molecule has 1 aliphatic heterocycles. The molecule has 2 aromatic carbocycles. The van der Waals surface area contributed by atoms with Crippen LogP contribution in [-0.4, -0.2) is 43.4 Å². The number of benzene rings is 2. The van der Waals surface area contributed by atoms with Crippen molar-refractivity contribution in [2.24, 2.45) is 5.92 Å². The number of aromatic nitrogens is 2. The van der Waals surface area contributed by atoms with Crippen LogP contribution in [0.3, 0.4) is 0 Å². The van der Waals surface area contributed by atoms with Crippen LogP contribution in [0.1, 0.15) is 18.4 Å². The van der Waals surface area contributed by atoms with E-state index in [9.17, 15) is 9.18 Å². The zero-order valence-electron chi connectivity index (χ0n) is 19.2. The molecule has 1 amide bonds. The maximum Gasteiger partial charge on any atom is 0.223 e. The molecule has 178 valence electrons. The largest absolute Gasteiger partial charge is 0.493 e. The summed E-state index contributed by atoms with van der Waals surface area (Å²) in [5.74, 6) is 1.84. The van der Waals surface area contributed by atoms with Gasteiger partial charge >= 0.3 is 0 Å². The maximum absolute atomic E-state index is 13.4. The number of hydrogen-bond acceptors (Lipinski definition) is 7. The molecule has 1 N–H and O–H groups in total. The Morgan fingerprint density at radius 2 is 1.85 bits per heavy atom. The second kappa shape index (κ2) is 11.2. The number of carbonyl (C=O) groups is 1. The van der Waals surface area contributed by atoms with Crippen LogP contribution in [0.5, 0.6) is 11.5 Å². The number of methoxy groups -OCH3 is 2. The van der Waals surface area contributed by atoms with Crippen molar-refractivity contribution < 1.29 is 18.7 Å². The Morgan fingerprint density at radius 3 is 2.53 bits per heavy atom. The van der Waals surface area contributed by atoms with E-state index in [-0.39, 0.29) is 17.6 Å². The van der Waals surface area contributed by atoms with E-state index in [0.717, 1.165) is 42.2 Å². The fraction of sp³-hybridized carbons (Fsp3) is 0.320. The van der Waals surface area contributed by atoms with Gasteiger partial charge in [-0.25, -0.2) is 4.39 Å². The Labute approximate surface area is 202 Å². The molecule has 1 aliphatic rings. The molecule has 0 spiro atoms. The lowest BCUT2D eigenvalue weighted by Crippen LogP contribution is -2.40. The number of anilines is 1. The summed E-state index contributed by atoms with van der Waals surface area (Å²) in [6.07, 6.45) is 1.50. The fourth-order valence-corrected chi connectivity index (χ4v) is 4.66. The van der Waals surface area contributed by atoms with Crippen molar-refractivity contribution in [2.45, 2.75) is 29.3 Å². The summed E-state index contributed by atoms with van der Waals surface area (Å²) in [5.41, 5.74) is 0.954. The first-order valence-electron chi connectivity index (χ1n) is 11.1. The third kappa shape index (κ3) is 5.96. The fourth-order valence-electron chi connectivity index (χ4n) is 3.88. The maximum atomic E-state index is 13.4. The van der Waals surface area contributed by atoms with E-state index in [1.54, 1.807) is 20.3 Å². The highest BCUT2D eigenvalue weighted by Crippen LogP contribution is 2.29. The minimum absolute atomic E-state index is 0.0350. The van der Waals surface area contributed by atoms with E-state index in [1.807, 2.05) is 36.4 Å². The van der Waals surface area contributed by atoms with E-state index in [0.29, 0.717) is 23.1 Å². The molecule has 2 heterocycles. The lowest BCUT2D eigenvalue weighted by Gasteiger charge is -2.31. The predicted molar refractivity (Wildman–Crippen MR) is 129 cm³/mol. The Bertz CT molecular complexity index is 1120. The third-order valence-electron chi connectivity index (χ3n) is 5.75.